The molecule has 0 aromatic heterocycles. The molecule has 0 spiro atoms. The SMILES string of the molecule is Cc1ccc(S(=O)(=O)Nc2ccc(N)cc2S(=O)(=O)O)cc1. The Hall–Kier alpha value is -2.10. The lowest BCUT2D eigenvalue weighted by Crippen LogP contribution is -2.15. The number of sulfonamides is 1. The first-order valence-electron chi connectivity index (χ1n) is 6.06. The monoisotopic (exact) mass is 342 g/mol. The molecule has 0 amide bonds. The van der Waals surface area contributed by atoms with Crippen LogP contribution in [0.2, 0.25) is 0 Å². The largest absolute Gasteiger partial charge is 0.399 e. The number of nitrogen functional groups attached to an aromatic ring is 1. The summed E-state index contributed by atoms with van der Waals surface area (Å²) >= 11 is 0. The predicted octanol–water partition coefficient (Wildman–Crippen LogP) is 1.62. The molecule has 7 nitrogen and oxygen atoms in total. The smallest absolute Gasteiger partial charge is 0.296 e. The molecule has 0 fully saturated rings. The van der Waals surface area contributed by atoms with Crippen LogP contribution in [0.25, 0.3) is 0 Å². The topological polar surface area (TPSA) is 127 Å². The summed E-state index contributed by atoms with van der Waals surface area (Å²) in [6.07, 6.45) is 0. The molecule has 0 radical (unpaired) electrons. The number of rotatable bonds is 4. The van der Waals surface area contributed by atoms with Crippen molar-refractivity contribution in [2.75, 3.05) is 10.5 Å². The van der Waals surface area contributed by atoms with E-state index in [2.05, 4.69) is 4.72 Å². The lowest BCUT2D eigenvalue weighted by atomic mass is 10.2. The molecule has 0 atom stereocenters. The second-order valence-electron chi connectivity index (χ2n) is 4.65. The van der Waals surface area contributed by atoms with Gasteiger partial charge in [-0.15, -0.1) is 0 Å². The van der Waals surface area contributed by atoms with Crippen LogP contribution >= 0.6 is 0 Å². The van der Waals surface area contributed by atoms with Crippen LogP contribution in [0, 0.1) is 6.92 Å². The van der Waals surface area contributed by atoms with Crippen LogP contribution < -0.4 is 10.5 Å². The highest BCUT2D eigenvalue weighted by molar-refractivity contribution is 7.93. The Labute approximate surface area is 128 Å². The van der Waals surface area contributed by atoms with Crippen molar-refractivity contribution in [1.82, 2.24) is 0 Å². The molecule has 2 rings (SSSR count). The van der Waals surface area contributed by atoms with Crippen molar-refractivity contribution in [2.45, 2.75) is 16.7 Å². The van der Waals surface area contributed by atoms with Crippen molar-refractivity contribution in [2.24, 2.45) is 0 Å². The summed E-state index contributed by atoms with van der Waals surface area (Å²) in [4.78, 5) is -0.639. The van der Waals surface area contributed by atoms with Gasteiger partial charge in [-0.2, -0.15) is 8.42 Å². The summed E-state index contributed by atoms with van der Waals surface area (Å²) < 4.78 is 58.5. The number of benzene rings is 2. The Kier molecular flexibility index (Phi) is 4.14. The molecule has 0 saturated carbocycles. The van der Waals surface area contributed by atoms with Crippen LogP contribution in [-0.4, -0.2) is 21.4 Å². The van der Waals surface area contributed by atoms with Crippen LogP contribution in [0.3, 0.4) is 0 Å². The highest BCUT2D eigenvalue weighted by atomic mass is 32.2. The molecule has 2 aromatic rings. The van der Waals surface area contributed by atoms with E-state index in [1.807, 2.05) is 0 Å². The fraction of sp³-hybridized carbons (Fsp3) is 0.0769. The summed E-state index contributed by atoms with van der Waals surface area (Å²) in [6, 6.07) is 9.47. The Morgan fingerprint density at radius 3 is 2.14 bits per heavy atom. The first-order chi connectivity index (χ1) is 10.1. The third kappa shape index (κ3) is 3.56. The number of anilines is 2. The van der Waals surface area contributed by atoms with Crippen molar-refractivity contribution in [1.29, 1.82) is 0 Å². The number of hydrogen-bond donors (Lipinski definition) is 3. The van der Waals surface area contributed by atoms with Gasteiger partial charge in [0, 0.05) is 5.69 Å². The molecular formula is C13H14N2O5S2. The van der Waals surface area contributed by atoms with Gasteiger partial charge in [0.2, 0.25) is 0 Å². The number of hydrogen-bond acceptors (Lipinski definition) is 5. The van der Waals surface area contributed by atoms with Crippen LogP contribution in [0.4, 0.5) is 11.4 Å². The van der Waals surface area contributed by atoms with E-state index in [-0.39, 0.29) is 16.3 Å². The summed E-state index contributed by atoms with van der Waals surface area (Å²) in [6.45, 7) is 1.81. The maximum Gasteiger partial charge on any atom is 0.296 e. The van der Waals surface area contributed by atoms with Gasteiger partial charge in [0.1, 0.15) is 4.90 Å². The molecule has 118 valence electrons. The maximum atomic E-state index is 12.3. The zero-order valence-electron chi connectivity index (χ0n) is 11.5. The summed E-state index contributed by atoms with van der Waals surface area (Å²) in [7, 11) is -8.62. The average Bonchev–Trinajstić information content (AvgIpc) is 2.40. The second-order valence-corrected chi connectivity index (χ2v) is 7.72. The normalized spacial score (nSPS) is 12.1. The van der Waals surface area contributed by atoms with E-state index in [9.17, 15) is 21.4 Å². The fourth-order valence-electron chi connectivity index (χ4n) is 1.76. The lowest BCUT2D eigenvalue weighted by Gasteiger charge is -2.12. The van der Waals surface area contributed by atoms with Crippen molar-refractivity contribution >= 4 is 31.5 Å². The third-order valence-corrected chi connectivity index (χ3v) is 5.13. The van der Waals surface area contributed by atoms with Crippen LogP contribution in [-0.2, 0) is 20.1 Å². The van der Waals surface area contributed by atoms with E-state index in [1.54, 1.807) is 19.1 Å². The van der Waals surface area contributed by atoms with Crippen LogP contribution in [0.1, 0.15) is 5.56 Å². The van der Waals surface area contributed by atoms with Gasteiger partial charge >= 0.3 is 0 Å². The second kappa shape index (κ2) is 5.59. The van der Waals surface area contributed by atoms with Crippen molar-refractivity contribution < 1.29 is 21.4 Å². The van der Waals surface area contributed by atoms with E-state index >= 15 is 0 Å². The fourth-order valence-corrected chi connectivity index (χ4v) is 3.58. The Balaban J connectivity index is 2.49. The van der Waals surface area contributed by atoms with Gasteiger partial charge in [-0.3, -0.25) is 9.27 Å². The van der Waals surface area contributed by atoms with Crippen molar-refractivity contribution in [3.63, 3.8) is 0 Å². The first-order valence-corrected chi connectivity index (χ1v) is 8.98. The zero-order valence-corrected chi connectivity index (χ0v) is 13.1. The zero-order chi connectivity index (χ0) is 16.5. The molecule has 0 unspecified atom stereocenters. The van der Waals surface area contributed by atoms with E-state index in [0.717, 1.165) is 11.6 Å². The maximum absolute atomic E-state index is 12.3. The van der Waals surface area contributed by atoms with Crippen LogP contribution in [0.15, 0.2) is 52.3 Å². The quantitative estimate of drug-likeness (QED) is 0.572. The predicted molar refractivity (Wildman–Crippen MR) is 82.7 cm³/mol. The molecule has 0 aliphatic heterocycles. The van der Waals surface area contributed by atoms with Gasteiger partial charge in [-0.05, 0) is 37.3 Å². The minimum Gasteiger partial charge on any atom is -0.399 e. The third-order valence-electron chi connectivity index (χ3n) is 2.86. The number of aryl methyl sites for hydroxylation is 1. The van der Waals surface area contributed by atoms with Crippen molar-refractivity contribution in [3.8, 4) is 0 Å². The number of nitrogens with one attached hydrogen (secondary N) is 1. The highest BCUT2D eigenvalue weighted by Crippen LogP contribution is 2.26. The molecule has 4 N–H and O–H groups in total. The molecule has 22 heavy (non-hydrogen) atoms. The van der Waals surface area contributed by atoms with Gasteiger partial charge in [0.05, 0.1) is 10.6 Å². The average molecular weight is 342 g/mol. The molecular weight excluding hydrogens is 328 g/mol. The summed E-state index contributed by atoms with van der Waals surface area (Å²) in [5, 5.41) is 0. The lowest BCUT2D eigenvalue weighted by molar-refractivity contribution is 0.483. The van der Waals surface area contributed by atoms with Gasteiger partial charge in [-0.25, -0.2) is 8.42 Å². The van der Waals surface area contributed by atoms with E-state index in [0.29, 0.717) is 0 Å². The minimum atomic E-state index is -4.62. The summed E-state index contributed by atoms with van der Waals surface area (Å²) in [5.74, 6) is 0. The molecule has 0 saturated heterocycles. The highest BCUT2D eigenvalue weighted by Gasteiger charge is 2.21. The standard InChI is InChI=1S/C13H14N2O5S2/c1-9-2-5-11(6-3-9)21(16,17)15-12-7-4-10(14)8-13(12)22(18,19)20/h2-8,15H,14H2,1H3,(H,18,19,20). The molecule has 0 heterocycles. The van der Waals surface area contributed by atoms with Gasteiger partial charge in [-0.1, -0.05) is 17.7 Å². The van der Waals surface area contributed by atoms with E-state index < -0.39 is 25.0 Å². The summed E-state index contributed by atoms with van der Waals surface area (Å²) in [5.41, 5.74) is 6.14. The Bertz CT molecular complexity index is 904. The van der Waals surface area contributed by atoms with E-state index in [1.165, 1.54) is 24.3 Å². The first kappa shape index (κ1) is 16.3. The van der Waals surface area contributed by atoms with Crippen molar-refractivity contribution in [3.05, 3.63) is 48.0 Å². The molecule has 0 aliphatic rings. The molecule has 9 heteroatoms. The van der Waals surface area contributed by atoms with Gasteiger partial charge in [0.25, 0.3) is 20.1 Å². The Morgan fingerprint density at radius 2 is 1.59 bits per heavy atom. The molecule has 2 aromatic carbocycles. The Morgan fingerprint density at radius 1 is 1.00 bits per heavy atom. The van der Waals surface area contributed by atoms with Crippen LogP contribution in [0.5, 0.6) is 0 Å². The van der Waals surface area contributed by atoms with Gasteiger partial charge in [0.15, 0.2) is 0 Å². The van der Waals surface area contributed by atoms with Gasteiger partial charge < -0.3 is 5.73 Å². The molecule has 0 bridgehead atoms. The molecule has 0 aliphatic carbocycles. The number of nitrogens with two attached hydrogens (primary N) is 1. The minimum absolute atomic E-state index is 0.0313. The van der Waals surface area contributed by atoms with E-state index in [4.69, 9.17) is 5.73 Å².